The monoisotopic (exact) mass is 412 g/mol. The van der Waals surface area contributed by atoms with Crippen molar-refractivity contribution in [2.75, 3.05) is 29.5 Å². The van der Waals surface area contributed by atoms with E-state index in [2.05, 4.69) is 4.98 Å². The van der Waals surface area contributed by atoms with Gasteiger partial charge in [0.25, 0.3) is 5.56 Å². The van der Waals surface area contributed by atoms with Gasteiger partial charge in [-0.25, -0.2) is 0 Å². The summed E-state index contributed by atoms with van der Waals surface area (Å²) in [6, 6.07) is -0.434. The summed E-state index contributed by atoms with van der Waals surface area (Å²) < 4.78 is 48.1. The van der Waals surface area contributed by atoms with Gasteiger partial charge in [-0.3, -0.25) is 14.2 Å². The average Bonchev–Trinajstić information content (AvgIpc) is 3.31. The van der Waals surface area contributed by atoms with Crippen LogP contribution in [0, 0.1) is 11.8 Å². The Morgan fingerprint density at radius 2 is 2.17 bits per heavy atom. The first-order valence-corrected chi connectivity index (χ1v) is 10.00. The number of fused-ring (bicyclic) bond motifs is 1. The van der Waals surface area contributed by atoms with Gasteiger partial charge in [0.2, 0.25) is 5.95 Å². The standard InChI is InChI=1S/C19H23F3N4O3/c1-10(2)12(27)7-25-13(19(20,21)22)3-4-24-16(28)5-15(23-17(24)25)26-8-14-18(26)6-11(18)9-29-14/h5,10-11,13-14H,3-4,6-9H2,1-2H3/t11-,13-,14+,18?/m0/s1. The Hall–Kier alpha value is -2.10. The molecule has 1 spiro atoms. The van der Waals surface area contributed by atoms with Crippen LogP contribution in [0.4, 0.5) is 24.9 Å². The summed E-state index contributed by atoms with van der Waals surface area (Å²) in [5.41, 5.74) is -0.529. The SMILES string of the molecule is CC(C)C(=O)CN1c2nc(N3C[C@H]4OC[C@@H]5CC543)cc(=O)n2CC[C@H]1C(F)(F)F. The molecule has 4 aliphatic rings. The van der Waals surface area contributed by atoms with Gasteiger partial charge in [-0.2, -0.15) is 18.2 Å². The third-order valence-electron chi connectivity index (χ3n) is 6.89. The minimum atomic E-state index is -4.52. The molecule has 4 heterocycles. The number of nitrogens with zero attached hydrogens (tertiary/aromatic N) is 4. The van der Waals surface area contributed by atoms with Crippen LogP contribution in [0.1, 0.15) is 26.7 Å². The third-order valence-corrected chi connectivity index (χ3v) is 6.89. The minimum absolute atomic E-state index is 0.0639. The fourth-order valence-corrected chi connectivity index (χ4v) is 5.02. The van der Waals surface area contributed by atoms with Gasteiger partial charge in [-0.05, 0) is 12.8 Å². The average molecular weight is 412 g/mol. The van der Waals surface area contributed by atoms with Crippen LogP contribution in [0.25, 0.3) is 0 Å². The molecular formula is C19H23F3N4O3. The molecule has 7 nitrogen and oxygen atoms in total. The first-order chi connectivity index (χ1) is 13.6. The molecular weight excluding hydrogens is 389 g/mol. The van der Waals surface area contributed by atoms with Gasteiger partial charge in [-0.15, -0.1) is 0 Å². The normalized spacial score (nSPS) is 32.6. The second kappa shape index (κ2) is 5.96. The number of aromatic nitrogens is 2. The van der Waals surface area contributed by atoms with Crippen LogP contribution in [0.2, 0.25) is 0 Å². The summed E-state index contributed by atoms with van der Waals surface area (Å²) in [5.74, 6) is -0.0155. The zero-order valence-corrected chi connectivity index (χ0v) is 16.3. The van der Waals surface area contributed by atoms with Crippen molar-refractivity contribution in [2.24, 2.45) is 11.8 Å². The highest BCUT2D eigenvalue weighted by molar-refractivity contribution is 5.85. The predicted molar refractivity (Wildman–Crippen MR) is 98.1 cm³/mol. The van der Waals surface area contributed by atoms with Crippen LogP contribution in [-0.4, -0.2) is 58.9 Å². The molecule has 158 valence electrons. The number of carbonyl (C=O) groups excluding carboxylic acids is 1. The molecule has 3 fully saturated rings. The van der Waals surface area contributed by atoms with E-state index in [1.165, 1.54) is 10.6 Å². The van der Waals surface area contributed by atoms with Crippen molar-refractivity contribution in [3.8, 4) is 0 Å². The summed E-state index contributed by atoms with van der Waals surface area (Å²) in [4.78, 5) is 32.5. The van der Waals surface area contributed by atoms with Crippen LogP contribution >= 0.6 is 0 Å². The summed E-state index contributed by atoms with van der Waals surface area (Å²) >= 11 is 0. The van der Waals surface area contributed by atoms with E-state index in [1.54, 1.807) is 13.8 Å². The van der Waals surface area contributed by atoms with E-state index >= 15 is 0 Å². The van der Waals surface area contributed by atoms with Crippen LogP contribution in [0.15, 0.2) is 10.9 Å². The molecule has 0 bridgehead atoms. The molecule has 0 radical (unpaired) electrons. The smallest absolute Gasteiger partial charge is 0.374 e. The van der Waals surface area contributed by atoms with E-state index in [9.17, 15) is 22.8 Å². The Labute approximate surface area is 165 Å². The number of halogens is 3. The Kier molecular flexibility index (Phi) is 3.89. The molecule has 0 aromatic carbocycles. The number of hydrogen-bond acceptors (Lipinski definition) is 6. The van der Waals surface area contributed by atoms with E-state index in [4.69, 9.17) is 4.74 Å². The number of carbonyl (C=O) groups is 1. The molecule has 10 heteroatoms. The number of anilines is 2. The Balaban J connectivity index is 1.55. The van der Waals surface area contributed by atoms with Gasteiger partial charge < -0.3 is 14.5 Å². The van der Waals surface area contributed by atoms with E-state index in [1.807, 2.05) is 4.90 Å². The molecule has 1 aromatic heterocycles. The van der Waals surface area contributed by atoms with Gasteiger partial charge in [0.1, 0.15) is 11.9 Å². The highest BCUT2D eigenvalue weighted by atomic mass is 19.4. The quantitative estimate of drug-likeness (QED) is 0.748. The molecule has 2 saturated heterocycles. The van der Waals surface area contributed by atoms with E-state index in [0.29, 0.717) is 24.9 Å². The molecule has 5 rings (SSSR count). The lowest BCUT2D eigenvalue weighted by Crippen LogP contribution is -2.63. The minimum Gasteiger partial charge on any atom is -0.374 e. The topological polar surface area (TPSA) is 67.7 Å². The zero-order chi connectivity index (χ0) is 20.7. The van der Waals surface area contributed by atoms with Crippen molar-refractivity contribution in [1.29, 1.82) is 0 Å². The van der Waals surface area contributed by atoms with Crippen molar-refractivity contribution in [1.82, 2.24) is 9.55 Å². The Morgan fingerprint density at radius 1 is 1.41 bits per heavy atom. The first kappa shape index (κ1) is 18.9. The number of ether oxygens (including phenoxy) is 1. The molecule has 4 atom stereocenters. The molecule has 1 saturated carbocycles. The lowest BCUT2D eigenvalue weighted by Gasteiger charge is -2.48. The summed E-state index contributed by atoms with van der Waals surface area (Å²) in [5, 5.41) is 0. The lowest BCUT2D eigenvalue weighted by atomic mass is 9.95. The fourth-order valence-electron chi connectivity index (χ4n) is 5.02. The third kappa shape index (κ3) is 2.64. The van der Waals surface area contributed by atoms with Crippen molar-refractivity contribution in [2.45, 2.75) is 57.1 Å². The van der Waals surface area contributed by atoms with Crippen LogP contribution in [0.3, 0.4) is 0 Å². The number of alkyl halides is 3. The Morgan fingerprint density at radius 3 is 2.79 bits per heavy atom. The number of hydrogen-bond donors (Lipinski definition) is 0. The zero-order valence-electron chi connectivity index (χ0n) is 16.3. The molecule has 0 amide bonds. The second-order valence-corrected chi connectivity index (χ2v) is 8.82. The van der Waals surface area contributed by atoms with Crippen molar-refractivity contribution in [3.05, 3.63) is 16.4 Å². The molecule has 1 aromatic rings. The van der Waals surface area contributed by atoms with E-state index in [-0.39, 0.29) is 41.9 Å². The maximum atomic E-state index is 13.7. The molecule has 1 unspecified atom stereocenters. The molecule has 3 aliphatic heterocycles. The lowest BCUT2D eigenvalue weighted by molar-refractivity contribution is -0.153. The van der Waals surface area contributed by atoms with Gasteiger partial charge in [0, 0.05) is 31.0 Å². The summed E-state index contributed by atoms with van der Waals surface area (Å²) in [6.45, 7) is 4.07. The van der Waals surface area contributed by atoms with Crippen molar-refractivity contribution < 1.29 is 22.7 Å². The largest absolute Gasteiger partial charge is 0.408 e. The van der Waals surface area contributed by atoms with E-state index in [0.717, 1.165) is 11.3 Å². The highest BCUT2D eigenvalue weighted by Gasteiger charge is 2.74. The van der Waals surface area contributed by atoms with Crippen LogP contribution < -0.4 is 15.4 Å². The maximum absolute atomic E-state index is 13.7. The van der Waals surface area contributed by atoms with Gasteiger partial charge in [-0.1, -0.05) is 13.8 Å². The molecule has 0 N–H and O–H groups in total. The predicted octanol–water partition coefficient (Wildman–Crippen LogP) is 1.59. The Bertz CT molecular complexity index is 930. The molecule has 29 heavy (non-hydrogen) atoms. The van der Waals surface area contributed by atoms with Crippen LogP contribution in [0.5, 0.6) is 0 Å². The number of Topliss-reactive ketones (excluding diaryl/α,β-unsaturated/α-hetero) is 1. The second-order valence-electron chi connectivity index (χ2n) is 8.82. The van der Waals surface area contributed by atoms with Crippen molar-refractivity contribution >= 4 is 17.5 Å². The number of rotatable bonds is 4. The van der Waals surface area contributed by atoms with Gasteiger partial charge in [0.15, 0.2) is 5.78 Å². The first-order valence-electron chi connectivity index (χ1n) is 10.00. The summed E-state index contributed by atoms with van der Waals surface area (Å²) in [6.07, 6.45) is -3.74. The van der Waals surface area contributed by atoms with Gasteiger partial charge >= 0.3 is 6.18 Å². The van der Waals surface area contributed by atoms with Gasteiger partial charge in [0.05, 0.1) is 24.8 Å². The van der Waals surface area contributed by atoms with Crippen molar-refractivity contribution in [3.63, 3.8) is 0 Å². The van der Waals surface area contributed by atoms with Crippen LogP contribution in [-0.2, 0) is 16.1 Å². The fraction of sp³-hybridized carbons (Fsp3) is 0.737. The maximum Gasteiger partial charge on any atom is 0.408 e. The van der Waals surface area contributed by atoms with E-state index < -0.39 is 24.7 Å². The molecule has 1 aliphatic carbocycles. The highest BCUT2D eigenvalue weighted by Crippen LogP contribution is 2.63. The summed E-state index contributed by atoms with van der Waals surface area (Å²) in [7, 11) is 0. The number of ketones is 1.